The number of ether oxygens (including phenoxy) is 3. The lowest BCUT2D eigenvalue weighted by Gasteiger charge is -2.03. The largest absolute Gasteiger partial charge is 0.497 e. The first-order valence-corrected chi connectivity index (χ1v) is 5.70. The molecule has 0 atom stereocenters. The molecule has 0 saturated heterocycles. The third kappa shape index (κ3) is 2.97. The fourth-order valence-corrected chi connectivity index (χ4v) is 1.59. The van der Waals surface area contributed by atoms with Gasteiger partial charge in [-0.15, -0.1) is 0 Å². The normalized spacial score (nSPS) is 14.1. The number of methoxy groups -OCH3 is 1. The van der Waals surface area contributed by atoms with Crippen LogP contribution in [0.4, 0.5) is 0 Å². The Morgan fingerprint density at radius 2 is 2.00 bits per heavy atom. The SMILES string of the molecule is COc1ccc(C(=O)C=C(C(=O)O)C2=COCO2)cc1. The van der Waals surface area contributed by atoms with Crippen molar-refractivity contribution in [3.63, 3.8) is 0 Å². The summed E-state index contributed by atoms with van der Waals surface area (Å²) in [5.41, 5.74) is 0.104. The summed E-state index contributed by atoms with van der Waals surface area (Å²) < 4.78 is 14.7. The number of carbonyl (C=O) groups is 2. The number of ketones is 1. The summed E-state index contributed by atoms with van der Waals surface area (Å²) in [6.45, 7) is -0.0588. The molecule has 0 spiro atoms. The third-order valence-electron chi connectivity index (χ3n) is 2.62. The van der Waals surface area contributed by atoms with Crippen molar-refractivity contribution in [3.8, 4) is 5.75 Å². The molecule has 0 saturated carbocycles. The van der Waals surface area contributed by atoms with Crippen molar-refractivity contribution in [2.45, 2.75) is 0 Å². The maximum absolute atomic E-state index is 12.0. The summed E-state index contributed by atoms with van der Waals surface area (Å²) in [5, 5.41) is 9.09. The highest BCUT2D eigenvalue weighted by Crippen LogP contribution is 2.19. The number of carboxylic acid groups (broad SMARTS) is 1. The van der Waals surface area contributed by atoms with E-state index >= 15 is 0 Å². The number of hydrogen-bond donors (Lipinski definition) is 1. The summed E-state index contributed by atoms with van der Waals surface area (Å²) in [5.74, 6) is -1.07. The van der Waals surface area contributed by atoms with Gasteiger partial charge in [-0.05, 0) is 24.3 Å². The van der Waals surface area contributed by atoms with E-state index in [-0.39, 0.29) is 18.1 Å². The molecule has 6 heteroatoms. The minimum atomic E-state index is -1.26. The van der Waals surface area contributed by atoms with Crippen LogP contribution in [0.5, 0.6) is 5.75 Å². The molecule has 1 aromatic carbocycles. The van der Waals surface area contributed by atoms with E-state index < -0.39 is 11.8 Å². The van der Waals surface area contributed by atoms with E-state index in [1.165, 1.54) is 13.4 Å². The van der Waals surface area contributed by atoms with E-state index in [1.54, 1.807) is 24.3 Å². The van der Waals surface area contributed by atoms with Crippen molar-refractivity contribution in [2.24, 2.45) is 0 Å². The van der Waals surface area contributed by atoms with Gasteiger partial charge in [0.05, 0.1) is 7.11 Å². The molecule has 104 valence electrons. The van der Waals surface area contributed by atoms with Gasteiger partial charge in [-0.3, -0.25) is 4.79 Å². The predicted octanol–water partition coefficient (Wildman–Crippen LogP) is 1.73. The van der Waals surface area contributed by atoms with E-state index in [1.807, 2.05) is 0 Å². The fraction of sp³-hybridized carbons (Fsp3) is 0.143. The highest BCUT2D eigenvalue weighted by molar-refractivity contribution is 6.09. The Bertz CT molecular complexity index is 582. The maximum atomic E-state index is 12.0. The summed E-state index contributed by atoms with van der Waals surface area (Å²) >= 11 is 0. The minimum absolute atomic E-state index is 0.0272. The molecule has 0 fully saturated rings. The van der Waals surface area contributed by atoms with E-state index in [4.69, 9.17) is 19.3 Å². The highest BCUT2D eigenvalue weighted by Gasteiger charge is 2.20. The molecule has 0 bridgehead atoms. The Balaban J connectivity index is 2.25. The number of rotatable bonds is 5. The molecule has 20 heavy (non-hydrogen) atoms. The Morgan fingerprint density at radius 1 is 1.30 bits per heavy atom. The Hall–Kier alpha value is -2.76. The summed E-state index contributed by atoms with van der Waals surface area (Å²) in [4.78, 5) is 23.1. The Kier molecular flexibility index (Phi) is 4.05. The molecule has 1 heterocycles. The van der Waals surface area contributed by atoms with Gasteiger partial charge >= 0.3 is 5.97 Å². The van der Waals surface area contributed by atoms with Crippen LogP contribution in [0.3, 0.4) is 0 Å². The maximum Gasteiger partial charge on any atom is 0.339 e. The first-order chi connectivity index (χ1) is 9.61. The molecular weight excluding hydrogens is 264 g/mol. The van der Waals surface area contributed by atoms with Crippen LogP contribution in [0.1, 0.15) is 10.4 Å². The molecule has 1 aliphatic rings. The molecule has 6 nitrogen and oxygen atoms in total. The number of aliphatic carboxylic acids is 1. The van der Waals surface area contributed by atoms with Crippen molar-refractivity contribution >= 4 is 11.8 Å². The lowest BCUT2D eigenvalue weighted by molar-refractivity contribution is -0.132. The van der Waals surface area contributed by atoms with Gasteiger partial charge in [-0.2, -0.15) is 0 Å². The highest BCUT2D eigenvalue weighted by atomic mass is 16.7. The topological polar surface area (TPSA) is 82.1 Å². The molecule has 0 amide bonds. The number of carbonyl (C=O) groups excluding carboxylic acids is 1. The van der Waals surface area contributed by atoms with Crippen LogP contribution in [-0.2, 0) is 14.3 Å². The van der Waals surface area contributed by atoms with Crippen LogP contribution in [0, 0.1) is 0 Å². The molecule has 1 N–H and O–H groups in total. The van der Waals surface area contributed by atoms with Gasteiger partial charge in [0.1, 0.15) is 17.6 Å². The van der Waals surface area contributed by atoms with Crippen molar-refractivity contribution in [1.82, 2.24) is 0 Å². The minimum Gasteiger partial charge on any atom is -0.497 e. The lowest BCUT2D eigenvalue weighted by Crippen LogP contribution is -2.07. The molecule has 0 radical (unpaired) electrons. The second-order valence-corrected chi connectivity index (χ2v) is 3.87. The molecule has 0 unspecified atom stereocenters. The molecule has 0 aliphatic carbocycles. The van der Waals surface area contributed by atoms with Gasteiger partial charge in [0.25, 0.3) is 0 Å². The van der Waals surface area contributed by atoms with E-state index in [2.05, 4.69) is 0 Å². The predicted molar refractivity (Wildman–Crippen MR) is 68.2 cm³/mol. The molecule has 2 rings (SSSR count). The lowest BCUT2D eigenvalue weighted by atomic mass is 10.1. The standard InChI is InChI=1S/C14H12O6/c1-18-10-4-2-9(3-5-10)12(15)6-11(14(16)17)13-7-19-8-20-13/h2-7H,8H2,1H3,(H,16,17). The quantitative estimate of drug-likeness (QED) is 0.651. The van der Waals surface area contributed by atoms with Crippen molar-refractivity contribution < 1.29 is 28.9 Å². The van der Waals surface area contributed by atoms with Gasteiger partial charge in [0.2, 0.25) is 6.79 Å². The van der Waals surface area contributed by atoms with E-state index in [9.17, 15) is 9.59 Å². The summed E-state index contributed by atoms with van der Waals surface area (Å²) in [7, 11) is 1.52. The fourth-order valence-electron chi connectivity index (χ4n) is 1.59. The van der Waals surface area contributed by atoms with E-state index in [0.29, 0.717) is 11.3 Å². The van der Waals surface area contributed by atoms with Gasteiger partial charge in [-0.25, -0.2) is 4.79 Å². The zero-order chi connectivity index (χ0) is 14.5. The molecule has 0 aromatic heterocycles. The number of benzene rings is 1. The van der Waals surface area contributed by atoms with Crippen LogP contribution in [-0.4, -0.2) is 30.8 Å². The van der Waals surface area contributed by atoms with Gasteiger partial charge < -0.3 is 19.3 Å². The molecular formula is C14H12O6. The first kappa shape index (κ1) is 13.7. The number of allylic oxidation sites excluding steroid dienone is 1. The second-order valence-electron chi connectivity index (χ2n) is 3.87. The monoisotopic (exact) mass is 276 g/mol. The van der Waals surface area contributed by atoms with Crippen LogP contribution in [0.25, 0.3) is 0 Å². The molecule has 1 aliphatic heterocycles. The van der Waals surface area contributed by atoms with Crippen molar-refractivity contribution in [3.05, 3.63) is 53.5 Å². The van der Waals surface area contributed by atoms with Crippen molar-refractivity contribution in [1.29, 1.82) is 0 Å². The summed E-state index contributed by atoms with van der Waals surface area (Å²) in [6.07, 6.45) is 2.17. The zero-order valence-corrected chi connectivity index (χ0v) is 10.7. The van der Waals surface area contributed by atoms with Crippen LogP contribution in [0.15, 0.2) is 47.9 Å². The smallest absolute Gasteiger partial charge is 0.339 e. The summed E-state index contributed by atoms with van der Waals surface area (Å²) in [6, 6.07) is 6.35. The van der Waals surface area contributed by atoms with Crippen molar-refractivity contribution in [2.75, 3.05) is 13.9 Å². The van der Waals surface area contributed by atoms with Crippen LogP contribution in [0.2, 0.25) is 0 Å². The van der Waals surface area contributed by atoms with Gasteiger partial charge in [0, 0.05) is 11.6 Å². The Morgan fingerprint density at radius 3 is 2.50 bits per heavy atom. The van der Waals surface area contributed by atoms with Crippen LogP contribution >= 0.6 is 0 Å². The number of carboxylic acids is 1. The van der Waals surface area contributed by atoms with Gasteiger partial charge in [0.15, 0.2) is 11.5 Å². The third-order valence-corrected chi connectivity index (χ3v) is 2.62. The van der Waals surface area contributed by atoms with E-state index in [0.717, 1.165) is 6.08 Å². The van der Waals surface area contributed by atoms with Gasteiger partial charge in [-0.1, -0.05) is 0 Å². The average Bonchev–Trinajstić information content (AvgIpc) is 2.98. The Labute approximate surface area is 114 Å². The molecule has 1 aromatic rings. The average molecular weight is 276 g/mol. The number of hydrogen-bond acceptors (Lipinski definition) is 5. The second kappa shape index (κ2) is 5.92. The zero-order valence-electron chi connectivity index (χ0n) is 10.7. The first-order valence-electron chi connectivity index (χ1n) is 5.70. The van der Waals surface area contributed by atoms with Crippen LogP contribution < -0.4 is 4.74 Å².